The van der Waals surface area contributed by atoms with Gasteiger partial charge in [0, 0.05) is 26.3 Å². The molecule has 0 aliphatic heterocycles. The molecule has 1 aromatic rings. The SMILES string of the molecule is Cn1cc(CNCC(C)(C)C)nn1. The minimum absolute atomic E-state index is 0.322. The van der Waals surface area contributed by atoms with E-state index in [2.05, 4.69) is 36.4 Å². The molecule has 4 heteroatoms. The van der Waals surface area contributed by atoms with Crippen LogP contribution in [0.25, 0.3) is 0 Å². The summed E-state index contributed by atoms with van der Waals surface area (Å²) in [6.07, 6.45) is 1.93. The van der Waals surface area contributed by atoms with E-state index in [0.29, 0.717) is 5.41 Å². The molecule has 0 fully saturated rings. The number of nitrogens with zero attached hydrogens (tertiary/aromatic N) is 3. The molecule has 0 saturated carbocycles. The third kappa shape index (κ3) is 4.03. The topological polar surface area (TPSA) is 42.7 Å². The molecule has 13 heavy (non-hydrogen) atoms. The summed E-state index contributed by atoms with van der Waals surface area (Å²) in [5.41, 5.74) is 1.31. The average molecular weight is 182 g/mol. The lowest BCUT2D eigenvalue weighted by Crippen LogP contribution is -2.26. The first-order valence-corrected chi connectivity index (χ1v) is 4.53. The number of aryl methyl sites for hydroxylation is 1. The van der Waals surface area contributed by atoms with Gasteiger partial charge in [-0.05, 0) is 5.41 Å². The molecule has 0 bridgehead atoms. The summed E-state index contributed by atoms with van der Waals surface area (Å²) in [6, 6.07) is 0. The lowest BCUT2D eigenvalue weighted by molar-refractivity contribution is 0.378. The lowest BCUT2D eigenvalue weighted by Gasteiger charge is -2.17. The average Bonchev–Trinajstić information content (AvgIpc) is 2.33. The van der Waals surface area contributed by atoms with Crippen molar-refractivity contribution in [2.75, 3.05) is 6.54 Å². The molecule has 1 N–H and O–H groups in total. The van der Waals surface area contributed by atoms with Gasteiger partial charge < -0.3 is 5.32 Å². The zero-order chi connectivity index (χ0) is 9.90. The van der Waals surface area contributed by atoms with Crippen LogP contribution in [-0.4, -0.2) is 21.5 Å². The van der Waals surface area contributed by atoms with E-state index in [1.807, 2.05) is 13.2 Å². The van der Waals surface area contributed by atoms with E-state index in [-0.39, 0.29) is 0 Å². The molecule has 0 spiro atoms. The van der Waals surface area contributed by atoms with Crippen molar-refractivity contribution in [3.63, 3.8) is 0 Å². The maximum absolute atomic E-state index is 3.99. The van der Waals surface area contributed by atoms with Crippen molar-refractivity contribution in [1.29, 1.82) is 0 Å². The molecular weight excluding hydrogens is 164 g/mol. The quantitative estimate of drug-likeness (QED) is 0.757. The molecule has 0 aliphatic rings. The zero-order valence-electron chi connectivity index (χ0n) is 8.83. The van der Waals surface area contributed by atoms with Crippen molar-refractivity contribution >= 4 is 0 Å². The highest BCUT2D eigenvalue weighted by Crippen LogP contribution is 2.10. The molecule has 0 aliphatic carbocycles. The summed E-state index contributed by atoms with van der Waals surface area (Å²) < 4.78 is 1.72. The van der Waals surface area contributed by atoms with Crippen molar-refractivity contribution < 1.29 is 0 Å². The molecule has 0 unspecified atom stereocenters. The smallest absolute Gasteiger partial charge is 0.0964 e. The van der Waals surface area contributed by atoms with E-state index in [1.165, 1.54) is 0 Å². The van der Waals surface area contributed by atoms with Gasteiger partial charge in [0.05, 0.1) is 5.69 Å². The van der Waals surface area contributed by atoms with E-state index < -0.39 is 0 Å². The molecule has 74 valence electrons. The Bertz CT molecular complexity index is 259. The fourth-order valence-electron chi connectivity index (χ4n) is 1.04. The first-order chi connectivity index (χ1) is 5.97. The van der Waals surface area contributed by atoms with E-state index in [1.54, 1.807) is 4.68 Å². The normalized spacial score (nSPS) is 12.0. The van der Waals surface area contributed by atoms with Gasteiger partial charge in [0.2, 0.25) is 0 Å². The van der Waals surface area contributed by atoms with E-state index in [0.717, 1.165) is 18.8 Å². The lowest BCUT2D eigenvalue weighted by atomic mass is 9.97. The van der Waals surface area contributed by atoms with Gasteiger partial charge in [0.25, 0.3) is 0 Å². The molecule has 1 rings (SSSR count). The highest BCUT2D eigenvalue weighted by molar-refractivity contribution is 4.90. The van der Waals surface area contributed by atoms with Crippen molar-refractivity contribution in [2.45, 2.75) is 27.3 Å². The summed E-state index contributed by atoms with van der Waals surface area (Å²) in [5.74, 6) is 0. The van der Waals surface area contributed by atoms with Crippen LogP contribution < -0.4 is 5.32 Å². The number of rotatable bonds is 3. The minimum Gasteiger partial charge on any atom is -0.311 e. The molecule has 0 atom stereocenters. The molecule has 4 nitrogen and oxygen atoms in total. The molecule has 0 saturated heterocycles. The van der Waals surface area contributed by atoms with Gasteiger partial charge in [-0.3, -0.25) is 4.68 Å². The van der Waals surface area contributed by atoms with Gasteiger partial charge in [0.15, 0.2) is 0 Å². The Morgan fingerprint density at radius 1 is 1.46 bits per heavy atom. The van der Waals surface area contributed by atoms with Gasteiger partial charge in [-0.25, -0.2) is 0 Å². The van der Waals surface area contributed by atoms with Gasteiger partial charge in [-0.15, -0.1) is 5.10 Å². The van der Waals surface area contributed by atoms with Crippen LogP contribution in [0, 0.1) is 5.41 Å². The number of hydrogen-bond acceptors (Lipinski definition) is 3. The Morgan fingerprint density at radius 2 is 2.15 bits per heavy atom. The molecular formula is C9H18N4. The van der Waals surface area contributed by atoms with Crippen LogP contribution in [0.15, 0.2) is 6.20 Å². The first kappa shape index (κ1) is 10.2. The van der Waals surface area contributed by atoms with Crippen LogP contribution >= 0.6 is 0 Å². The van der Waals surface area contributed by atoms with Crippen LogP contribution in [0.3, 0.4) is 0 Å². The second-order valence-corrected chi connectivity index (χ2v) is 4.55. The molecule has 0 amide bonds. The van der Waals surface area contributed by atoms with Crippen molar-refractivity contribution in [1.82, 2.24) is 20.3 Å². The summed E-state index contributed by atoms with van der Waals surface area (Å²) >= 11 is 0. The monoisotopic (exact) mass is 182 g/mol. The highest BCUT2D eigenvalue weighted by atomic mass is 15.4. The summed E-state index contributed by atoms with van der Waals surface area (Å²) in [5, 5.41) is 11.2. The van der Waals surface area contributed by atoms with Gasteiger partial charge in [-0.1, -0.05) is 26.0 Å². The number of hydrogen-bond donors (Lipinski definition) is 1. The van der Waals surface area contributed by atoms with Crippen LogP contribution in [0.2, 0.25) is 0 Å². The van der Waals surface area contributed by atoms with Gasteiger partial charge in [0.1, 0.15) is 0 Å². The standard InChI is InChI=1S/C9H18N4/c1-9(2,3)7-10-5-8-6-13(4)12-11-8/h6,10H,5,7H2,1-4H3. The molecule has 0 aromatic carbocycles. The fourth-order valence-corrected chi connectivity index (χ4v) is 1.04. The van der Waals surface area contributed by atoms with Crippen molar-refractivity contribution in [2.24, 2.45) is 12.5 Å². The van der Waals surface area contributed by atoms with Crippen molar-refractivity contribution in [3.05, 3.63) is 11.9 Å². The third-order valence-corrected chi connectivity index (χ3v) is 1.61. The second kappa shape index (κ2) is 3.87. The Balaban J connectivity index is 2.28. The maximum atomic E-state index is 3.99. The van der Waals surface area contributed by atoms with Crippen LogP contribution in [0.5, 0.6) is 0 Å². The summed E-state index contributed by atoms with van der Waals surface area (Å²) in [6.45, 7) is 8.40. The van der Waals surface area contributed by atoms with Crippen LogP contribution in [0.1, 0.15) is 26.5 Å². The van der Waals surface area contributed by atoms with E-state index in [4.69, 9.17) is 0 Å². The summed E-state index contributed by atoms with van der Waals surface area (Å²) in [4.78, 5) is 0. The van der Waals surface area contributed by atoms with Crippen LogP contribution in [-0.2, 0) is 13.6 Å². The third-order valence-electron chi connectivity index (χ3n) is 1.61. The first-order valence-electron chi connectivity index (χ1n) is 4.53. The Labute approximate surface area is 79.3 Å². The largest absolute Gasteiger partial charge is 0.311 e. The Hall–Kier alpha value is -0.900. The maximum Gasteiger partial charge on any atom is 0.0964 e. The number of nitrogens with one attached hydrogen (secondary N) is 1. The Morgan fingerprint density at radius 3 is 2.62 bits per heavy atom. The summed E-state index contributed by atoms with van der Waals surface area (Å²) in [7, 11) is 1.88. The van der Waals surface area contributed by atoms with E-state index >= 15 is 0 Å². The minimum atomic E-state index is 0.322. The van der Waals surface area contributed by atoms with Crippen LogP contribution in [0.4, 0.5) is 0 Å². The fraction of sp³-hybridized carbons (Fsp3) is 0.778. The second-order valence-electron chi connectivity index (χ2n) is 4.55. The molecule has 1 aromatic heterocycles. The highest BCUT2D eigenvalue weighted by Gasteiger charge is 2.09. The van der Waals surface area contributed by atoms with Crippen molar-refractivity contribution in [3.8, 4) is 0 Å². The van der Waals surface area contributed by atoms with E-state index in [9.17, 15) is 0 Å². The van der Waals surface area contributed by atoms with Gasteiger partial charge in [-0.2, -0.15) is 0 Å². The number of aromatic nitrogens is 3. The molecule has 1 heterocycles. The molecule has 0 radical (unpaired) electrons. The predicted molar refractivity (Wildman–Crippen MR) is 52.2 cm³/mol. The zero-order valence-corrected chi connectivity index (χ0v) is 8.83. The predicted octanol–water partition coefficient (Wildman–Crippen LogP) is 0.951. The Kier molecular flexibility index (Phi) is 3.03. The van der Waals surface area contributed by atoms with Gasteiger partial charge >= 0.3 is 0 Å².